The van der Waals surface area contributed by atoms with E-state index in [1.165, 1.54) is 4.90 Å². The van der Waals surface area contributed by atoms with Gasteiger partial charge in [-0.15, -0.1) is 0 Å². The highest BCUT2D eigenvalue weighted by Gasteiger charge is 2.85. The van der Waals surface area contributed by atoms with Gasteiger partial charge in [0.05, 0.1) is 12.5 Å². The molecule has 0 radical (unpaired) electrons. The number of aromatic nitrogens is 1. The molecule has 0 aliphatic carbocycles. The van der Waals surface area contributed by atoms with E-state index in [-0.39, 0.29) is 30.5 Å². The van der Waals surface area contributed by atoms with Gasteiger partial charge < -0.3 is 20.1 Å². The van der Waals surface area contributed by atoms with Crippen molar-refractivity contribution in [2.24, 2.45) is 5.92 Å². The number of fused-ring (bicyclic) bond motifs is 8. The topological polar surface area (TPSA) is 100 Å². The lowest BCUT2D eigenvalue weighted by Crippen LogP contribution is -2.88. The zero-order valence-corrected chi connectivity index (χ0v) is 23.0. The summed E-state index contributed by atoms with van der Waals surface area (Å²) in [4.78, 5) is 37.8. The SMILES string of the molecule is CC1(C)/C=C\N2C(=O)[C@H]3C[C@@]4(O)c5ccccc5N5C(C)(C)[C@@H](CO)[C@@]54N3C(=O)/C2=C/c2c1[nH]c1ccccc21. The molecule has 0 bridgehead atoms. The number of nitrogens with zero attached hydrogens (tertiary/aromatic N) is 3. The van der Waals surface area contributed by atoms with E-state index >= 15 is 0 Å². The summed E-state index contributed by atoms with van der Waals surface area (Å²) in [6, 6.07) is 14.7. The summed E-state index contributed by atoms with van der Waals surface area (Å²) in [6.45, 7) is 7.98. The molecule has 40 heavy (non-hydrogen) atoms. The Balaban J connectivity index is 1.38. The number of piperazine rings is 1. The predicted octanol–water partition coefficient (Wildman–Crippen LogP) is 3.56. The summed E-state index contributed by atoms with van der Waals surface area (Å²) in [5, 5.41) is 24.3. The molecule has 4 atom stereocenters. The lowest BCUT2D eigenvalue weighted by Gasteiger charge is -2.71. The molecule has 8 heteroatoms. The molecule has 2 aromatic carbocycles. The van der Waals surface area contributed by atoms with E-state index in [4.69, 9.17) is 0 Å². The fraction of sp³-hybridized carbons (Fsp3) is 0.375. The number of amides is 2. The minimum atomic E-state index is -1.52. The Kier molecular flexibility index (Phi) is 4.23. The smallest absolute Gasteiger partial charge is 0.273 e. The highest BCUT2D eigenvalue weighted by molar-refractivity contribution is 6.11. The summed E-state index contributed by atoms with van der Waals surface area (Å²) in [6.07, 6.45) is 5.57. The van der Waals surface area contributed by atoms with E-state index in [9.17, 15) is 19.8 Å². The molecule has 5 aliphatic rings. The van der Waals surface area contributed by atoms with Gasteiger partial charge in [-0.2, -0.15) is 0 Å². The third-order valence-electron chi connectivity index (χ3n) is 10.3. The number of para-hydroxylation sites is 2. The number of carbonyl (C=O) groups excluding carboxylic acids is 2. The first-order valence-electron chi connectivity index (χ1n) is 13.9. The number of aliphatic hydroxyl groups is 2. The first kappa shape index (κ1) is 24.0. The van der Waals surface area contributed by atoms with Gasteiger partial charge in [0, 0.05) is 57.0 Å². The largest absolute Gasteiger partial charge is 0.396 e. The molecule has 3 aromatic rings. The summed E-state index contributed by atoms with van der Waals surface area (Å²) < 4.78 is 0. The van der Waals surface area contributed by atoms with Crippen molar-refractivity contribution in [2.45, 2.75) is 62.4 Å². The Morgan fingerprint density at radius 2 is 1.75 bits per heavy atom. The van der Waals surface area contributed by atoms with E-state index in [0.29, 0.717) is 5.56 Å². The minimum absolute atomic E-state index is 0.0665. The van der Waals surface area contributed by atoms with Crippen molar-refractivity contribution in [3.05, 3.63) is 83.3 Å². The third-order valence-corrected chi connectivity index (χ3v) is 10.3. The van der Waals surface area contributed by atoms with Gasteiger partial charge in [-0.25, -0.2) is 0 Å². The lowest BCUT2D eigenvalue weighted by atomic mass is 9.61. The molecule has 3 saturated heterocycles. The number of rotatable bonds is 1. The van der Waals surface area contributed by atoms with E-state index in [1.54, 1.807) is 11.1 Å². The molecule has 204 valence electrons. The zero-order valence-electron chi connectivity index (χ0n) is 23.0. The second-order valence-corrected chi connectivity index (χ2v) is 13.0. The van der Waals surface area contributed by atoms with Crippen molar-refractivity contribution in [2.75, 3.05) is 11.5 Å². The molecule has 8 rings (SSSR count). The van der Waals surface area contributed by atoms with Gasteiger partial charge in [0.25, 0.3) is 11.8 Å². The van der Waals surface area contributed by atoms with Crippen molar-refractivity contribution < 1.29 is 19.8 Å². The molecule has 6 heterocycles. The van der Waals surface area contributed by atoms with E-state index in [1.807, 2.05) is 74.5 Å². The van der Waals surface area contributed by atoms with Crippen LogP contribution >= 0.6 is 0 Å². The quantitative estimate of drug-likeness (QED) is 0.442. The van der Waals surface area contributed by atoms with Crippen molar-refractivity contribution in [1.82, 2.24) is 14.8 Å². The number of anilines is 1. The summed E-state index contributed by atoms with van der Waals surface area (Å²) in [5.41, 5.74) is 0.809. The number of H-pyrrole nitrogens is 1. The van der Waals surface area contributed by atoms with Crippen LogP contribution in [-0.4, -0.2) is 60.7 Å². The van der Waals surface area contributed by atoms with Gasteiger partial charge in [0.2, 0.25) is 0 Å². The number of nitrogens with one attached hydrogen (secondary N) is 1. The molecule has 0 saturated carbocycles. The Labute approximate surface area is 232 Å². The average molecular weight is 537 g/mol. The fourth-order valence-electron chi connectivity index (χ4n) is 8.64. The molecule has 3 fully saturated rings. The van der Waals surface area contributed by atoms with Crippen LogP contribution in [0.1, 0.15) is 50.9 Å². The first-order valence-corrected chi connectivity index (χ1v) is 13.9. The van der Waals surface area contributed by atoms with Crippen LogP contribution in [0.25, 0.3) is 17.0 Å². The number of hydrogen-bond acceptors (Lipinski definition) is 5. The molecule has 2 amide bonds. The zero-order chi connectivity index (χ0) is 28.0. The van der Waals surface area contributed by atoms with Crippen molar-refractivity contribution in [3.8, 4) is 0 Å². The monoisotopic (exact) mass is 536 g/mol. The standard InChI is InChI=1S/C32H32N4O4/c1-29(2)13-14-34-23(15-19-18-9-5-7-11-21(18)33-26(19)29)28(39)35-24(27(34)38)16-31(40)20-10-6-8-12-22(20)36-30(3,4)25(17-37)32(31,35)36/h5-15,24-25,33,37,40H,16-17H2,1-4H3/b14-13-,23-15-/t24-,25-,31-,32-/m1/s1. The molecular weight excluding hydrogens is 504 g/mol. The number of carbonyl (C=O) groups is 2. The van der Waals surface area contributed by atoms with Gasteiger partial charge in [0.1, 0.15) is 17.3 Å². The Bertz CT molecular complexity index is 1730. The van der Waals surface area contributed by atoms with Gasteiger partial charge in [-0.3, -0.25) is 19.4 Å². The maximum atomic E-state index is 14.8. The van der Waals surface area contributed by atoms with Crippen LogP contribution in [0.2, 0.25) is 0 Å². The number of aliphatic hydroxyl groups excluding tert-OH is 1. The van der Waals surface area contributed by atoms with Gasteiger partial charge in [0.15, 0.2) is 5.66 Å². The van der Waals surface area contributed by atoms with Crippen LogP contribution < -0.4 is 4.90 Å². The molecule has 1 aromatic heterocycles. The van der Waals surface area contributed by atoms with Crippen LogP contribution in [-0.2, 0) is 20.6 Å². The predicted molar refractivity (Wildman–Crippen MR) is 151 cm³/mol. The molecule has 3 N–H and O–H groups in total. The van der Waals surface area contributed by atoms with Crippen LogP contribution in [0, 0.1) is 5.92 Å². The highest BCUT2D eigenvalue weighted by Crippen LogP contribution is 2.72. The normalized spacial score (nSPS) is 34.5. The molecule has 0 unspecified atom stereocenters. The van der Waals surface area contributed by atoms with Crippen molar-refractivity contribution >= 4 is 34.5 Å². The summed E-state index contributed by atoms with van der Waals surface area (Å²) >= 11 is 0. The Morgan fingerprint density at radius 1 is 1.02 bits per heavy atom. The third kappa shape index (κ3) is 2.35. The summed E-state index contributed by atoms with van der Waals surface area (Å²) in [5.74, 6) is -1.05. The van der Waals surface area contributed by atoms with Crippen molar-refractivity contribution in [3.63, 3.8) is 0 Å². The molecule has 5 aliphatic heterocycles. The number of hydrogen-bond donors (Lipinski definition) is 3. The molecule has 8 nitrogen and oxygen atoms in total. The number of benzene rings is 2. The van der Waals surface area contributed by atoms with E-state index < -0.39 is 34.2 Å². The Hall–Kier alpha value is -3.88. The maximum absolute atomic E-state index is 14.8. The lowest BCUT2D eigenvalue weighted by molar-refractivity contribution is -0.190. The maximum Gasteiger partial charge on any atom is 0.273 e. The van der Waals surface area contributed by atoms with Crippen LogP contribution in [0.4, 0.5) is 5.69 Å². The van der Waals surface area contributed by atoms with Gasteiger partial charge >= 0.3 is 0 Å². The molecule has 1 spiro atoms. The highest BCUT2D eigenvalue weighted by atomic mass is 16.3. The van der Waals surface area contributed by atoms with Crippen LogP contribution in [0.15, 0.2) is 66.5 Å². The van der Waals surface area contributed by atoms with Crippen LogP contribution in [0.3, 0.4) is 0 Å². The van der Waals surface area contributed by atoms with E-state index in [0.717, 1.165) is 27.8 Å². The fourth-order valence-corrected chi connectivity index (χ4v) is 8.64. The average Bonchev–Trinajstić information content (AvgIpc) is 3.48. The van der Waals surface area contributed by atoms with Crippen LogP contribution in [0.5, 0.6) is 0 Å². The first-order chi connectivity index (χ1) is 19.0. The van der Waals surface area contributed by atoms with Crippen molar-refractivity contribution in [1.29, 1.82) is 0 Å². The number of allylic oxidation sites excluding steroid dienone is 1. The van der Waals surface area contributed by atoms with E-state index in [2.05, 4.69) is 23.7 Å². The summed E-state index contributed by atoms with van der Waals surface area (Å²) in [7, 11) is 0. The number of aromatic amines is 1. The molecular formula is C32H32N4O4. The van der Waals surface area contributed by atoms with Gasteiger partial charge in [-0.1, -0.05) is 56.3 Å². The second kappa shape index (κ2) is 7.06. The second-order valence-electron chi connectivity index (χ2n) is 13.0. The minimum Gasteiger partial charge on any atom is -0.396 e. The van der Waals surface area contributed by atoms with Gasteiger partial charge in [-0.05, 0) is 32.1 Å². The Morgan fingerprint density at radius 3 is 2.52 bits per heavy atom.